The fourth-order valence-corrected chi connectivity index (χ4v) is 3.30. The van der Waals surface area contributed by atoms with Gasteiger partial charge in [-0.15, -0.1) is 0 Å². The summed E-state index contributed by atoms with van der Waals surface area (Å²) in [5, 5.41) is 4.20. The van der Waals surface area contributed by atoms with Crippen molar-refractivity contribution in [3.8, 4) is 5.75 Å². The van der Waals surface area contributed by atoms with Crippen molar-refractivity contribution in [1.29, 1.82) is 0 Å². The maximum Gasteiger partial charge on any atom is 0.389 e. The highest BCUT2D eigenvalue weighted by molar-refractivity contribution is 6.01. The SMILES string of the molecule is COc1ccc(C2=NOC3(CCN(C(=O)CCC(F)(F)F)CC3)C2)cc1. The van der Waals surface area contributed by atoms with Crippen LogP contribution < -0.4 is 4.74 Å². The van der Waals surface area contributed by atoms with Crippen LogP contribution in [0.15, 0.2) is 29.4 Å². The molecule has 3 rings (SSSR count). The van der Waals surface area contributed by atoms with E-state index in [9.17, 15) is 18.0 Å². The number of benzene rings is 1. The lowest BCUT2D eigenvalue weighted by atomic mass is 9.85. The first-order valence-corrected chi connectivity index (χ1v) is 8.54. The van der Waals surface area contributed by atoms with Crippen LogP contribution in [0.25, 0.3) is 0 Å². The zero-order valence-corrected chi connectivity index (χ0v) is 14.5. The van der Waals surface area contributed by atoms with Crippen LogP contribution in [0.3, 0.4) is 0 Å². The lowest BCUT2D eigenvalue weighted by molar-refractivity contribution is -0.152. The van der Waals surface area contributed by atoms with Crippen molar-refractivity contribution in [3.05, 3.63) is 29.8 Å². The first-order valence-electron chi connectivity index (χ1n) is 8.54. The topological polar surface area (TPSA) is 51.1 Å². The van der Waals surface area contributed by atoms with Crippen molar-refractivity contribution in [2.45, 2.75) is 43.9 Å². The molecule has 1 fully saturated rings. The zero-order chi connectivity index (χ0) is 18.8. The molecule has 0 saturated carbocycles. The normalized spacial score (nSPS) is 19.2. The minimum absolute atomic E-state index is 0.391. The number of methoxy groups -OCH3 is 1. The molecule has 2 aliphatic heterocycles. The van der Waals surface area contributed by atoms with Crippen LogP contribution in [0.4, 0.5) is 13.2 Å². The van der Waals surface area contributed by atoms with Gasteiger partial charge in [0.15, 0.2) is 0 Å². The van der Waals surface area contributed by atoms with Crippen LogP contribution >= 0.6 is 0 Å². The molecular formula is C18H21F3N2O3. The van der Waals surface area contributed by atoms with E-state index in [1.54, 1.807) is 7.11 Å². The molecule has 0 N–H and O–H groups in total. The van der Waals surface area contributed by atoms with Crippen molar-refractivity contribution in [3.63, 3.8) is 0 Å². The summed E-state index contributed by atoms with van der Waals surface area (Å²) in [6, 6.07) is 7.53. The molecule has 0 bridgehead atoms. The van der Waals surface area contributed by atoms with Crippen LogP contribution in [0.1, 0.15) is 37.7 Å². The van der Waals surface area contributed by atoms with E-state index in [1.165, 1.54) is 4.90 Å². The van der Waals surface area contributed by atoms with Crippen molar-refractivity contribution >= 4 is 11.6 Å². The molecule has 0 atom stereocenters. The Kier molecular flexibility index (Phi) is 5.11. The van der Waals surface area contributed by atoms with E-state index in [0.29, 0.717) is 32.4 Å². The highest BCUT2D eigenvalue weighted by atomic mass is 19.4. The standard InChI is InChI=1S/C18H21F3N2O3/c1-25-14-4-2-13(3-5-14)15-12-17(26-22-15)8-10-23(11-9-17)16(24)6-7-18(19,20)21/h2-5H,6-12H2,1H3. The molecule has 8 heteroatoms. The van der Waals surface area contributed by atoms with Gasteiger partial charge in [-0.1, -0.05) is 5.16 Å². The lowest BCUT2D eigenvalue weighted by Crippen LogP contribution is -2.47. The average Bonchev–Trinajstić information content (AvgIpc) is 3.03. The number of alkyl halides is 3. The number of piperidine rings is 1. The third kappa shape index (κ3) is 4.28. The number of rotatable bonds is 4. The number of amides is 1. The summed E-state index contributed by atoms with van der Waals surface area (Å²) in [6.07, 6.45) is -4.12. The van der Waals surface area contributed by atoms with Gasteiger partial charge in [0.25, 0.3) is 0 Å². The van der Waals surface area contributed by atoms with Crippen LogP contribution in [0.2, 0.25) is 0 Å². The van der Waals surface area contributed by atoms with Crippen molar-refractivity contribution in [2.75, 3.05) is 20.2 Å². The molecule has 1 aromatic carbocycles. The summed E-state index contributed by atoms with van der Waals surface area (Å²) < 4.78 is 41.9. The monoisotopic (exact) mass is 370 g/mol. The molecule has 1 aromatic rings. The van der Waals surface area contributed by atoms with Gasteiger partial charge in [0, 0.05) is 38.8 Å². The van der Waals surface area contributed by atoms with Gasteiger partial charge >= 0.3 is 6.18 Å². The Morgan fingerprint density at radius 2 is 1.92 bits per heavy atom. The maximum absolute atomic E-state index is 12.3. The first-order chi connectivity index (χ1) is 12.3. The highest BCUT2D eigenvalue weighted by Gasteiger charge is 2.43. The van der Waals surface area contributed by atoms with Crippen molar-refractivity contribution < 1.29 is 27.5 Å². The van der Waals surface area contributed by atoms with E-state index < -0.39 is 30.5 Å². The minimum Gasteiger partial charge on any atom is -0.497 e. The molecule has 0 aromatic heterocycles. The number of carbonyl (C=O) groups is 1. The second-order valence-corrected chi connectivity index (χ2v) is 6.71. The van der Waals surface area contributed by atoms with E-state index >= 15 is 0 Å². The van der Waals surface area contributed by atoms with Crippen LogP contribution in [0.5, 0.6) is 5.75 Å². The fourth-order valence-electron chi connectivity index (χ4n) is 3.30. The molecule has 26 heavy (non-hydrogen) atoms. The van der Waals surface area contributed by atoms with Gasteiger partial charge in [0.2, 0.25) is 5.91 Å². The Hall–Kier alpha value is -2.25. The third-order valence-electron chi connectivity index (χ3n) is 4.91. The van der Waals surface area contributed by atoms with E-state index in [-0.39, 0.29) is 0 Å². The second-order valence-electron chi connectivity index (χ2n) is 6.71. The van der Waals surface area contributed by atoms with E-state index in [0.717, 1.165) is 17.0 Å². The molecule has 5 nitrogen and oxygen atoms in total. The largest absolute Gasteiger partial charge is 0.497 e. The number of ether oxygens (including phenoxy) is 1. The number of oxime groups is 1. The molecule has 1 saturated heterocycles. The molecule has 1 amide bonds. The third-order valence-corrected chi connectivity index (χ3v) is 4.91. The predicted octanol–water partition coefficient (Wildman–Crippen LogP) is 3.52. The molecule has 2 heterocycles. The minimum atomic E-state index is -4.30. The number of likely N-dealkylation sites (tertiary alicyclic amines) is 1. The number of hydrogen-bond acceptors (Lipinski definition) is 4. The van der Waals surface area contributed by atoms with Crippen LogP contribution in [0, 0.1) is 0 Å². The van der Waals surface area contributed by atoms with Gasteiger partial charge in [-0.05, 0) is 29.8 Å². The Balaban J connectivity index is 1.53. The van der Waals surface area contributed by atoms with Gasteiger partial charge in [0.05, 0.1) is 19.2 Å². The molecule has 0 unspecified atom stereocenters. The number of hydrogen-bond donors (Lipinski definition) is 0. The van der Waals surface area contributed by atoms with Crippen LogP contribution in [-0.2, 0) is 9.63 Å². The molecular weight excluding hydrogens is 349 g/mol. The van der Waals surface area contributed by atoms with E-state index in [2.05, 4.69) is 5.16 Å². The van der Waals surface area contributed by atoms with Crippen molar-refractivity contribution in [2.24, 2.45) is 5.16 Å². The smallest absolute Gasteiger partial charge is 0.389 e. The lowest BCUT2D eigenvalue weighted by Gasteiger charge is -2.37. The first kappa shape index (κ1) is 18.5. The van der Waals surface area contributed by atoms with Crippen molar-refractivity contribution in [1.82, 2.24) is 4.90 Å². The number of nitrogens with zero attached hydrogens (tertiary/aromatic N) is 2. The van der Waals surface area contributed by atoms with E-state index in [4.69, 9.17) is 9.57 Å². The van der Waals surface area contributed by atoms with Gasteiger partial charge in [0.1, 0.15) is 11.4 Å². The summed E-state index contributed by atoms with van der Waals surface area (Å²) in [5.74, 6) is 0.306. The molecule has 1 spiro atoms. The molecule has 0 aliphatic carbocycles. The van der Waals surface area contributed by atoms with Gasteiger partial charge < -0.3 is 14.5 Å². The maximum atomic E-state index is 12.3. The van der Waals surface area contributed by atoms with Gasteiger partial charge in [-0.25, -0.2) is 0 Å². The summed E-state index contributed by atoms with van der Waals surface area (Å²) in [6.45, 7) is 0.782. The molecule has 142 valence electrons. The summed E-state index contributed by atoms with van der Waals surface area (Å²) >= 11 is 0. The Labute approximate surface area is 149 Å². The van der Waals surface area contributed by atoms with Gasteiger partial charge in [-0.2, -0.15) is 13.2 Å². The Morgan fingerprint density at radius 1 is 1.27 bits per heavy atom. The molecule has 2 aliphatic rings. The van der Waals surface area contributed by atoms with E-state index in [1.807, 2.05) is 24.3 Å². The average molecular weight is 370 g/mol. The zero-order valence-electron chi connectivity index (χ0n) is 14.5. The predicted molar refractivity (Wildman–Crippen MR) is 89.1 cm³/mol. The highest BCUT2D eigenvalue weighted by Crippen LogP contribution is 2.36. The second kappa shape index (κ2) is 7.17. The quantitative estimate of drug-likeness (QED) is 0.815. The molecule has 0 radical (unpaired) electrons. The Morgan fingerprint density at radius 3 is 2.50 bits per heavy atom. The summed E-state index contributed by atoms with van der Waals surface area (Å²) in [5.41, 5.74) is 1.33. The Bertz CT molecular complexity index is 678. The summed E-state index contributed by atoms with van der Waals surface area (Å²) in [4.78, 5) is 19.1. The number of carbonyl (C=O) groups excluding carboxylic acids is 1. The number of halogens is 3. The fraction of sp³-hybridized carbons (Fsp3) is 0.556. The van der Waals surface area contributed by atoms with Crippen LogP contribution in [-0.4, -0.2) is 48.5 Å². The summed E-state index contributed by atoms with van der Waals surface area (Å²) in [7, 11) is 1.60. The van der Waals surface area contributed by atoms with Gasteiger partial charge in [-0.3, -0.25) is 4.79 Å².